The molecule has 1 aliphatic rings. The van der Waals surface area contributed by atoms with Crippen LogP contribution < -0.4 is 11.2 Å². The van der Waals surface area contributed by atoms with Gasteiger partial charge in [-0.2, -0.15) is 0 Å². The van der Waals surface area contributed by atoms with E-state index in [9.17, 15) is 24.0 Å². The molecule has 14 heteroatoms. The lowest BCUT2D eigenvalue weighted by molar-refractivity contribution is -0.0640. The summed E-state index contributed by atoms with van der Waals surface area (Å²) in [7, 11) is 0. The number of benzene rings is 3. The molecular formula is C30H21Cl3N2O9. The molecule has 11 nitrogen and oxygen atoms in total. The second-order valence-corrected chi connectivity index (χ2v) is 10.8. The minimum absolute atomic E-state index is 0.0994. The minimum Gasteiger partial charge on any atom is -0.459 e. The smallest absolute Gasteiger partial charge is 0.338 e. The fourth-order valence-corrected chi connectivity index (χ4v) is 4.72. The largest absolute Gasteiger partial charge is 0.459 e. The molecule has 5 rings (SSSR count). The van der Waals surface area contributed by atoms with Crippen LogP contribution in [0.2, 0.25) is 15.1 Å². The molecule has 1 saturated heterocycles. The Morgan fingerprint density at radius 2 is 1.14 bits per heavy atom. The van der Waals surface area contributed by atoms with Gasteiger partial charge in [-0.3, -0.25) is 14.3 Å². The van der Waals surface area contributed by atoms with Gasteiger partial charge in [0.15, 0.2) is 18.4 Å². The summed E-state index contributed by atoms with van der Waals surface area (Å²) in [4.78, 5) is 65.9. The van der Waals surface area contributed by atoms with Crippen LogP contribution in [0.25, 0.3) is 0 Å². The zero-order valence-electron chi connectivity index (χ0n) is 22.4. The predicted molar refractivity (Wildman–Crippen MR) is 158 cm³/mol. The van der Waals surface area contributed by atoms with Gasteiger partial charge >= 0.3 is 23.6 Å². The van der Waals surface area contributed by atoms with E-state index in [0.717, 1.165) is 16.8 Å². The highest BCUT2D eigenvalue weighted by molar-refractivity contribution is 6.31. The van der Waals surface area contributed by atoms with E-state index < -0.39 is 60.3 Å². The fraction of sp³-hybridized carbons (Fsp3) is 0.167. The Morgan fingerprint density at radius 3 is 1.61 bits per heavy atom. The second-order valence-electron chi connectivity index (χ2n) is 9.44. The third kappa shape index (κ3) is 7.20. The molecule has 0 saturated carbocycles. The molecule has 1 N–H and O–H groups in total. The van der Waals surface area contributed by atoms with Crippen LogP contribution in [-0.2, 0) is 18.9 Å². The number of rotatable bonds is 8. The van der Waals surface area contributed by atoms with Crippen LogP contribution in [0.5, 0.6) is 0 Å². The van der Waals surface area contributed by atoms with Crippen LogP contribution in [0.4, 0.5) is 0 Å². The van der Waals surface area contributed by atoms with Gasteiger partial charge in [0, 0.05) is 27.3 Å². The van der Waals surface area contributed by atoms with Crippen molar-refractivity contribution in [1.82, 2.24) is 9.55 Å². The molecule has 0 bridgehead atoms. The average Bonchev–Trinajstić information content (AvgIpc) is 3.32. The number of hydrogen-bond donors (Lipinski definition) is 1. The first kappa shape index (κ1) is 31.0. The predicted octanol–water partition coefficient (Wildman–Crippen LogP) is 4.70. The zero-order valence-corrected chi connectivity index (χ0v) is 24.6. The Bertz CT molecular complexity index is 1790. The van der Waals surface area contributed by atoms with Crippen LogP contribution in [0.15, 0.2) is 94.6 Å². The van der Waals surface area contributed by atoms with Crippen molar-refractivity contribution < 1.29 is 33.3 Å². The fourth-order valence-electron chi connectivity index (χ4n) is 4.34. The highest BCUT2D eigenvalue weighted by Gasteiger charge is 2.51. The van der Waals surface area contributed by atoms with Crippen molar-refractivity contribution in [3.8, 4) is 0 Å². The number of hydrogen-bond acceptors (Lipinski definition) is 9. The zero-order chi connectivity index (χ0) is 31.4. The monoisotopic (exact) mass is 658 g/mol. The van der Waals surface area contributed by atoms with Crippen LogP contribution >= 0.6 is 34.8 Å². The number of carbonyl (C=O) groups is 3. The van der Waals surface area contributed by atoms with E-state index in [0.29, 0.717) is 15.1 Å². The Morgan fingerprint density at radius 1 is 0.682 bits per heavy atom. The van der Waals surface area contributed by atoms with Gasteiger partial charge < -0.3 is 18.9 Å². The first-order valence-corrected chi connectivity index (χ1v) is 14.0. The normalized spacial score (nSPS) is 19.2. The standard InChI is InChI=1S/C30H21Cl3N2O9/c31-19-7-1-16(2-8-19)27(37)41-15-22-24(43-28(38)17-3-9-20(32)10-4-17)25(44-29(39)18-5-11-21(33)12-6-18)26(42-22)35-14-13-23(36)34-30(35)40/h1-14,22,24-26H,15H2,(H,34,36,40)/t22-,24-,25-,26-/m1/s1. The molecule has 0 spiro atoms. The summed E-state index contributed by atoms with van der Waals surface area (Å²) in [5.74, 6) is -2.44. The van der Waals surface area contributed by atoms with Crippen LogP contribution in [0.1, 0.15) is 37.3 Å². The Hall–Kier alpha value is -4.42. The van der Waals surface area contributed by atoms with Crippen molar-refractivity contribution in [3.63, 3.8) is 0 Å². The lowest BCUT2D eigenvalue weighted by Crippen LogP contribution is -2.43. The molecule has 4 atom stereocenters. The molecule has 1 fully saturated rings. The van der Waals surface area contributed by atoms with Crippen molar-refractivity contribution in [2.24, 2.45) is 0 Å². The molecular weight excluding hydrogens is 639 g/mol. The molecule has 1 aromatic heterocycles. The molecule has 0 amide bonds. The molecule has 2 heterocycles. The van der Waals surface area contributed by atoms with E-state index >= 15 is 0 Å². The van der Waals surface area contributed by atoms with E-state index in [1.807, 2.05) is 0 Å². The van der Waals surface area contributed by atoms with E-state index in [1.165, 1.54) is 72.8 Å². The van der Waals surface area contributed by atoms with Crippen molar-refractivity contribution >= 4 is 52.7 Å². The number of ether oxygens (including phenoxy) is 4. The number of halogens is 3. The molecule has 226 valence electrons. The van der Waals surface area contributed by atoms with E-state index in [1.54, 1.807) is 0 Å². The maximum Gasteiger partial charge on any atom is 0.338 e. The number of aromatic amines is 1. The molecule has 1 aliphatic heterocycles. The number of aromatic nitrogens is 2. The SMILES string of the molecule is O=C(OC[C@H]1O[C@@H](n2ccc(=O)[nH]c2=O)[C@H](OC(=O)c2ccc(Cl)cc2)[C@@H]1OC(=O)c1ccc(Cl)cc1)c1ccc(Cl)cc1. The van der Waals surface area contributed by atoms with Crippen molar-refractivity contribution in [3.05, 3.63) is 138 Å². The molecule has 3 aromatic carbocycles. The topological polar surface area (TPSA) is 143 Å². The quantitative estimate of drug-likeness (QED) is 0.210. The van der Waals surface area contributed by atoms with Gasteiger partial charge in [0.2, 0.25) is 0 Å². The van der Waals surface area contributed by atoms with Gasteiger partial charge in [-0.25, -0.2) is 19.2 Å². The number of esters is 3. The Kier molecular flexibility index (Phi) is 9.50. The number of nitrogens with one attached hydrogen (secondary N) is 1. The maximum atomic E-state index is 13.2. The molecule has 0 radical (unpaired) electrons. The van der Waals surface area contributed by atoms with Gasteiger partial charge in [-0.15, -0.1) is 0 Å². The van der Waals surface area contributed by atoms with Crippen molar-refractivity contribution in [2.75, 3.05) is 6.61 Å². The second kappa shape index (κ2) is 13.5. The third-order valence-corrected chi connectivity index (χ3v) is 7.27. The van der Waals surface area contributed by atoms with Gasteiger partial charge in [0.1, 0.15) is 12.7 Å². The van der Waals surface area contributed by atoms with E-state index in [2.05, 4.69) is 4.98 Å². The molecule has 44 heavy (non-hydrogen) atoms. The summed E-state index contributed by atoms with van der Waals surface area (Å²) in [6, 6.07) is 18.6. The first-order chi connectivity index (χ1) is 21.1. The van der Waals surface area contributed by atoms with Crippen molar-refractivity contribution in [2.45, 2.75) is 24.5 Å². The molecule has 0 unspecified atom stereocenters. The molecule has 4 aromatic rings. The Balaban J connectivity index is 1.50. The average molecular weight is 660 g/mol. The van der Waals surface area contributed by atoms with Gasteiger partial charge in [-0.1, -0.05) is 34.8 Å². The Labute approximate surface area is 263 Å². The molecule has 0 aliphatic carbocycles. The third-order valence-electron chi connectivity index (χ3n) is 6.52. The summed E-state index contributed by atoms with van der Waals surface area (Å²) in [5.41, 5.74) is -1.18. The summed E-state index contributed by atoms with van der Waals surface area (Å²) in [6.07, 6.45) is -4.39. The summed E-state index contributed by atoms with van der Waals surface area (Å²) in [5, 5.41) is 1.17. The number of H-pyrrole nitrogens is 1. The van der Waals surface area contributed by atoms with E-state index in [-0.39, 0.29) is 16.7 Å². The van der Waals surface area contributed by atoms with Crippen LogP contribution in [-0.4, -0.2) is 52.4 Å². The van der Waals surface area contributed by atoms with Crippen LogP contribution in [0, 0.1) is 0 Å². The highest BCUT2D eigenvalue weighted by Crippen LogP contribution is 2.35. The summed E-state index contributed by atoms with van der Waals surface area (Å²) in [6.45, 7) is -0.483. The van der Waals surface area contributed by atoms with Gasteiger partial charge in [0.05, 0.1) is 16.7 Å². The summed E-state index contributed by atoms with van der Waals surface area (Å²) >= 11 is 17.8. The number of nitrogens with zero attached hydrogens (tertiary/aromatic N) is 1. The van der Waals surface area contributed by atoms with Crippen molar-refractivity contribution in [1.29, 1.82) is 0 Å². The maximum absolute atomic E-state index is 13.2. The van der Waals surface area contributed by atoms with E-state index in [4.69, 9.17) is 53.8 Å². The van der Waals surface area contributed by atoms with Gasteiger partial charge in [-0.05, 0) is 72.8 Å². The highest BCUT2D eigenvalue weighted by atomic mass is 35.5. The first-order valence-electron chi connectivity index (χ1n) is 12.9. The van der Waals surface area contributed by atoms with Gasteiger partial charge in [0.25, 0.3) is 5.56 Å². The lowest BCUT2D eigenvalue weighted by atomic mass is 10.1. The van der Waals surface area contributed by atoms with Crippen LogP contribution in [0.3, 0.4) is 0 Å². The number of carbonyl (C=O) groups excluding carboxylic acids is 3. The lowest BCUT2D eigenvalue weighted by Gasteiger charge is -2.25. The summed E-state index contributed by atoms with van der Waals surface area (Å²) < 4.78 is 24.0. The minimum atomic E-state index is -1.46.